The van der Waals surface area contributed by atoms with Gasteiger partial charge in [-0.3, -0.25) is 0 Å². The number of anilines is 1. The topological polar surface area (TPSA) is 40.6 Å². The van der Waals surface area contributed by atoms with Crippen molar-refractivity contribution in [1.82, 2.24) is 0 Å². The van der Waals surface area contributed by atoms with E-state index in [0.29, 0.717) is 11.3 Å². The third-order valence-corrected chi connectivity index (χ3v) is 7.40. The van der Waals surface area contributed by atoms with Crippen molar-refractivity contribution in [3.8, 4) is 6.07 Å². The second kappa shape index (κ2) is 8.21. The molecule has 0 radical (unpaired) electrons. The molecule has 0 atom stereocenters. The van der Waals surface area contributed by atoms with Gasteiger partial charge < -0.3 is 9.64 Å². The summed E-state index contributed by atoms with van der Waals surface area (Å²) < 4.78 is 6.20. The molecule has 1 aromatic carbocycles. The number of benzene rings is 1. The van der Waals surface area contributed by atoms with E-state index in [1.54, 1.807) is 6.08 Å². The average Bonchev–Trinajstić information content (AvgIpc) is 2.76. The van der Waals surface area contributed by atoms with Gasteiger partial charge in [-0.05, 0) is 76.3 Å². The van der Waals surface area contributed by atoms with Crippen molar-refractivity contribution >= 4 is 11.8 Å². The molecule has 0 amide bonds. The highest BCUT2D eigenvalue weighted by Gasteiger charge is 2.39. The summed E-state index contributed by atoms with van der Waals surface area (Å²) in [6, 6.07) is 6.69. The second-order valence-electron chi connectivity index (χ2n) is 12.0. The van der Waals surface area contributed by atoms with Crippen molar-refractivity contribution in [3.63, 3.8) is 0 Å². The average molecular weight is 454 g/mol. The highest BCUT2D eigenvalue weighted by atomic mass is 16.5. The van der Waals surface area contributed by atoms with Gasteiger partial charge in [0.1, 0.15) is 11.5 Å². The summed E-state index contributed by atoms with van der Waals surface area (Å²) in [7, 11) is 0. The number of allylic oxidation sites excluding steroid dienone is 6. The fraction of sp³-hybridized carbons (Fsp3) is 0.467. The van der Waals surface area contributed by atoms with Crippen molar-refractivity contribution < 1.29 is 4.74 Å². The third kappa shape index (κ3) is 4.30. The monoisotopic (exact) mass is 453 g/mol. The predicted octanol–water partition coefficient (Wildman–Crippen LogP) is 7.41. The minimum atomic E-state index is -0.241. The van der Waals surface area contributed by atoms with Crippen LogP contribution in [0.5, 0.6) is 0 Å². The normalized spacial score (nSPS) is 22.1. The minimum Gasteiger partial charge on any atom is -0.461 e. The van der Waals surface area contributed by atoms with Crippen molar-refractivity contribution in [2.24, 2.45) is 5.41 Å². The highest BCUT2D eigenvalue weighted by Crippen LogP contribution is 2.49. The number of nitrogens with zero attached hydrogens (tertiary/aromatic N) is 3. The summed E-state index contributed by atoms with van der Waals surface area (Å²) >= 11 is 0. The summed E-state index contributed by atoms with van der Waals surface area (Å²) in [4.78, 5) is 5.99. The Kier molecular flexibility index (Phi) is 5.77. The summed E-state index contributed by atoms with van der Waals surface area (Å²) in [5, 5.41) is 9.41. The zero-order valence-corrected chi connectivity index (χ0v) is 21.5. The van der Waals surface area contributed by atoms with Gasteiger partial charge in [0.25, 0.3) is 5.70 Å². The van der Waals surface area contributed by atoms with E-state index < -0.39 is 0 Å². The van der Waals surface area contributed by atoms with Crippen molar-refractivity contribution in [1.29, 1.82) is 5.26 Å². The lowest BCUT2D eigenvalue weighted by Gasteiger charge is -2.48. The Morgan fingerprint density at radius 1 is 1.06 bits per heavy atom. The fourth-order valence-corrected chi connectivity index (χ4v) is 5.00. The molecule has 0 aliphatic carbocycles. The van der Waals surface area contributed by atoms with Crippen LogP contribution in [-0.4, -0.2) is 13.1 Å². The Balaban J connectivity index is 1.79. The van der Waals surface area contributed by atoms with E-state index in [9.17, 15) is 5.26 Å². The van der Waals surface area contributed by atoms with E-state index in [4.69, 9.17) is 11.3 Å². The lowest BCUT2D eigenvalue weighted by atomic mass is 9.69. The molecule has 0 spiro atoms. The van der Waals surface area contributed by atoms with Gasteiger partial charge in [0.15, 0.2) is 0 Å². The maximum atomic E-state index is 9.41. The molecule has 3 aliphatic heterocycles. The predicted molar refractivity (Wildman–Crippen MR) is 139 cm³/mol. The zero-order chi connectivity index (χ0) is 24.9. The number of hydrogen-bond acceptors (Lipinski definition) is 3. The molecular formula is C30H35N3O. The van der Waals surface area contributed by atoms with Crippen LogP contribution >= 0.6 is 0 Å². The van der Waals surface area contributed by atoms with Gasteiger partial charge in [0.2, 0.25) is 0 Å². The molecule has 34 heavy (non-hydrogen) atoms. The molecule has 0 N–H and O–H groups in total. The molecule has 3 heterocycles. The maximum Gasteiger partial charge on any atom is 0.269 e. The van der Waals surface area contributed by atoms with E-state index in [2.05, 4.69) is 76.4 Å². The van der Waals surface area contributed by atoms with Crippen LogP contribution in [0.15, 0.2) is 53.1 Å². The van der Waals surface area contributed by atoms with Crippen LogP contribution < -0.4 is 4.90 Å². The first kappa shape index (κ1) is 23.9. The molecule has 1 aromatic rings. The molecule has 4 heteroatoms. The second-order valence-corrected chi connectivity index (χ2v) is 12.0. The quantitative estimate of drug-likeness (QED) is 0.346. The zero-order valence-electron chi connectivity index (χ0n) is 21.5. The lowest BCUT2D eigenvalue weighted by molar-refractivity contribution is 0.223. The molecule has 0 fully saturated rings. The van der Waals surface area contributed by atoms with E-state index in [-0.39, 0.29) is 21.9 Å². The molecule has 0 saturated heterocycles. The van der Waals surface area contributed by atoms with Crippen LogP contribution in [0.3, 0.4) is 0 Å². The number of nitriles is 1. The summed E-state index contributed by atoms with van der Waals surface area (Å²) in [5.41, 5.74) is 6.17. The van der Waals surface area contributed by atoms with Crippen LogP contribution in [0.25, 0.3) is 10.9 Å². The maximum absolute atomic E-state index is 9.41. The molecule has 4 rings (SSSR count). The third-order valence-electron chi connectivity index (χ3n) is 7.40. The Bertz CT molecular complexity index is 1180. The number of rotatable bonds is 2. The molecule has 0 bridgehead atoms. The van der Waals surface area contributed by atoms with Crippen LogP contribution in [0.2, 0.25) is 0 Å². The molecule has 176 valence electrons. The van der Waals surface area contributed by atoms with E-state index >= 15 is 0 Å². The SMILES string of the molecule is [C-]#[N+]C(C#N)=C1C=C(C=Cc2cc3c4c(c2)C(C)(C)CCN4CCC3(C)C)OC(C(C)(C)C)=C1. The van der Waals surface area contributed by atoms with Crippen LogP contribution in [0.4, 0.5) is 5.69 Å². The Hall–Kier alpha value is -3.24. The van der Waals surface area contributed by atoms with Gasteiger partial charge in [-0.1, -0.05) is 54.5 Å². The Labute approximate surface area is 204 Å². The fourth-order valence-electron chi connectivity index (χ4n) is 5.00. The lowest BCUT2D eigenvalue weighted by Crippen LogP contribution is -2.44. The van der Waals surface area contributed by atoms with Crippen LogP contribution in [-0.2, 0) is 15.6 Å². The van der Waals surface area contributed by atoms with Gasteiger partial charge >= 0.3 is 0 Å². The molecular weight excluding hydrogens is 418 g/mol. The molecule has 3 aliphatic rings. The van der Waals surface area contributed by atoms with Gasteiger partial charge in [0, 0.05) is 24.2 Å². The van der Waals surface area contributed by atoms with Crippen molar-refractivity contribution in [2.45, 2.75) is 72.1 Å². The molecule has 0 saturated carbocycles. The smallest absolute Gasteiger partial charge is 0.269 e. The van der Waals surface area contributed by atoms with Gasteiger partial charge in [0.05, 0.1) is 12.6 Å². The number of ether oxygens (including phenoxy) is 1. The molecule has 0 unspecified atom stereocenters. The van der Waals surface area contributed by atoms with E-state index in [1.807, 2.05) is 18.2 Å². The standard InChI is InChI=1S/C30H35N3O/c1-28(2,3)26-18-21(25(19-31)32-8)17-22(34-26)10-9-20-15-23-27-24(16-20)30(6,7)12-14-33(27)13-11-29(23,4)5/h9-10,15-18H,11-14H2,1-7H3. The Morgan fingerprint density at radius 2 is 1.65 bits per heavy atom. The van der Waals surface area contributed by atoms with Gasteiger partial charge in [-0.25, -0.2) is 10.1 Å². The minimum absolute atomic E-state index is 0.0812. The van der Waals surface area contributed by atoms with E-state index in [0.717, 1.165) is 37.3 Å². The first-order chi connectivity index (χ1) is 15.9. The largest absolute Gasteiger partial charge is 0.461 e. The highest BCUT2D eigenvalue weighted by molar-refractivity contribution is 5.72. The number of hydrogen-bond donors (Lipinski definition) is 0. The van der Waals surface area contributed by atoms with Crippen LogP contribution in [0, 0.1) is 23.3 Å². The molecule has 4 nitrogen and oxygen atoms in total. The van der Waals surface area contributed by atoms with Crippen LogP contribution in [0.1, 0.15) is 78.0 Å². The summed E-state index contributed by atoms with van der Waals surface area (Å²) in [6.07, 6.45) is 9.99. The van der Waals surface area contributed by atoms with Gasteiger partial charge in [-0.2, -0.15) is 0 Å². The first-order valence-corrected chi connectivity index (χ1v) is 12.1. The van der Waals surface area contributed by atoms with E-state index in [1.165, 1.54) is 16.8 Å². The van der Waals surface area contributed by atoms with Gasteiger partial charge in [-0.15, -0.1) is 0 Å². The Morgan fingerprint density at radius 3 is 2.15 bits per heavy atom. The summed E-state index contributed by atoms with van der Waals surface area (Å²) in [5.74, 6) is 1.39. The summed E-state index contributed by atoms with van der Waals surface area (Å²) in [6.45, 7) is 25.2. The first-order valence-electron chi connectivity index (χ1n) is 12.1. The van der Waals surface area contributed by atoms with Crippen molar-refractivity contribution in [2.75, 3.05) is 18.0 Å². The van der Waals surface area contributed by atoms with Crippen molar-refractivity contribution in [3.05, 3.63) is 81.3 Å². The molecule has 0 aromatic heterocycles.